The van der Waals surface area contributed by atoms with Crippen molar-refractivity contribution < 1.29 is 18.0 Å². The van der Waals surface area contributed by atoms with Crippen molar-refractivity contribution >= 4 is 27.5 Å². The average molecular weight is 404 g/mol. The van der Waals surface area contributed by atoms with E-state index in [0.717, 1.165) is 15.8 Å². The zero-order valence-corrected chi connectivity index (χ0v) is 15.2. The first kappa shape index (κ1) is 18.5. The highest BCUT2D eigenvalue weighted by Gasteiger charge is 2.38. The van der Waals surface area contributed by atoms with Crippen LogP contribution >= 0.6 is 15.9 Å². The number of rotatable bonds is 3. The molecule has 4 nitrogen and oxygen atoms in total. The van der Waals surface area contributed by atoms with Gasteiger partial charge in [0.2, 0.25) is 5.91 Å². The molecule has 0 radical (unpaired) electrons. The molecule has 0 aliphatic rings. The number of carbonyl (C=O) groups is 1. The van der Waals surface area contributed by atoms with Gasteiger partial charge in [0.15, 0.2) is 5.69 Å². The van der Waals surface area contributed by atoms with Crippen LogP contribution < -0.4 is 5.32 Å². The summed E-state index contributed by atoms with van der Waals surface area (Å²) in [6.45, 7) is 6.72. The molecule has 1 amide bonds. The maximum Gasteiger partial charge on any atom is 0.436 e. The Morgan fingerprint density at radius 2 is 1.92 bits per heavy atom. The summed E-state index contributed by atoms with van der Waals surface area (Å²) in [5.41, 5.74) is 1.68. The molecule has 130 valence electrons. The number of hydrogen-bond donors (Lipinski definition) is 1. The molecule has 0 spiro atoms. The quantitative estimate of drug-likeness (QED) is 0.800. The van der Waals surface area contributed by atoms with Gasteiger partial charge in [0, 0.05) is 5.69 Å². The molecular weight excluding hydrogens is 387 g/mol. The molecule has 2 aromatic rings. The smallest absolute Gasteiger partial charge is 0.324 e. The molecular formula is C16H17BrF3N3O. The van der Waals surface area contributed by atoms with E-state index in [1.54, 1.807) is 0 Å². The van der Waals surface area contributed by atoms with Crippen molar-refractivity contribution in [1.82, 2.24) is 9.78 Å². The second-order valence-corrected chi connectivity index (χ2v) is 6.47. The molecule has 0 saturated carbocycles. The van der Waals surface area contributed by atoms with Gasteiger partial charge in [0.1, 0.15) is 6.04 Å². The second-order valence-electron chi connectivity index (χ2n) is 5.67. The van der Waals surface area contributed by atoms with Crippen LogP contribution in [0.15, 0.2) is 22.7 Å². The van der Waals surface area contributed by atoms with Crippen LogP contribution in [0.1, 0.15) is 35.5 Å². The fourth-order valence-corrected chi connectivity index (χ4v) is 2.76. The van der Waals surface area contributed by atoms with Gasteiger partial charge >= 0.3 is 6.18 Å². The first-order valence-corrected chi connectivity index (χ1v) is 8.01. The summed E-state index contributed by atoms with van der Waals surface area (Å²) in [7, 11) is 0. The number of aromatic nitrogens is 2. The van der Waals surface area contributed by atoms with Gasteiger partial charge in [-0.25, -0.2) is 0 Å². The van der Waals surface area contributed by atoms with Crippen molar-refractivity contribution in [2.45, 2.75) is 39.9 Å². The zero-order chi connectivity index (χ0) is 18.2. The van der Waals surface area contributed by atoms with Gasteiger partial charge in [-0.05, 0) is 60.8 Å². The van der Waals surface area contributed by atoms with E-state index in [-0.39, 0.29) is 10.2 Å². The minimum absolute atomic E-state index is 0.151. The fraction of sp³-hybridized carbons (Fsp3) is 0.375. The Kier molecular flexibility index (Phi) is 5.08. The minimum Gasteiger partial charge on any atom is -0.324 e. The summed E-state index contributed by atoms with van der Waals surface area (Å²) < 4.78 is 39.8. The van der Waals surface area contributed by atoms with Crippen LogP contribution in [-0.4, -0.2) is 15.7 Å². The first-order valence-electron chi connectivity index (χ1n) is 7.22. The molecule has 8 heteroatoms. The summed E-state index contributed by atoms with van der Waals surface area (Å²) in [6.07, 6.45) is -4.59. The zero-order valence-electron chi connectivity index (χ0n) is 13.6. The molecule has 1 heterocycles. The van der Waals surface area contributed by atoms with Crippen LogP contribution in [0.2, 0.25) is 0 Å². The highest BCUT2D eigenvalue weighted by molar-refractivity contribution is 9.10. The number of alkyl halides is 3. The van der Waals surface area contributed by atoms with E-state index in [1.165, 1.54) is 13.8 Å². The lowest BCUT2D eigenvalue weighted by Gasteiger charge is -2.16. The Balaban J connectivity index is 2.30. The molecule has 0 bridgehead atoms. The normalized spacial score (nSPS) is 13.0. The second kappa shape index (κ2) is 6.58. The highest BCUT2D eigenvalue weighted by Crippen LogP contribution is 2.36. The van der Waals surface area contributed by atoms with Gasteiger partial charge in [-0.3, -0.25) is 9.48 Å². The Hall–Kier alpha value is -1.83. The van der Waals surface area contributed by atoms with Crippen LogP contribution in [-0.2, 0) is 11.0 Å². The Morgan fingerprint density at radius 3 is 2.46 bits per heavy atom. The predicted octanol–water partition coefficient (Wildman–Crippen LogP) is 4.79. The lowest BCUT2D eigenvalue weighted by atomic mass is 10.1. The van der Waals surface area contributed by atoms with Crippen LogP contribution in [0.4, 0.5) is 18.9 Å². The molecule has 2 rings (SSSR count). The number of anilines is 1. The largest absolute Gasteiger partial charge is 0.436 e. The Bertz CT molecular complexity index is 784. The topological polar surface area (TPSA) is 46.9 Å². The van der Waals surface area contributed by atoms with Gasteiger partial charge in [0.25, 0.3) is 0 Å². The van der Waals surface area contributed by atoms with E-state index in [1.807, 2.05) is 32.0 Å². The van der Waals surface area contributed by atoms with Crippen LogP contribution in [0, 0.1) is 20.8 Å². The van der Waals surface area contributed by atoms with Crippen molar-refractivity contribution in [2.75, 3.05) is 5.32 Å². The third kappa shape index (κ3) is 3.63. The third-order valence-electron chi connectivity index (χ3n) is 3.74. The van der Waals surface area contributed by atoms with Gasteiger partial charge < -0.3 is 5.32 Å². The first-order chi connectivity index (χ1) is 11.0. The highest BCUT2D eigenvalue weighted by atomic mass is 79.9. The molecule has 24 heavy (non-hydrogen) atoms. The maximum atomic E-state index is 12.9. The van der Waals surface area contributed by atoms with E-state index < -0.39 is 23.8 Å². The number of hydrogen-bond acceptors (Lipinski definition) is 2. The molecule has 0 aliphatic heterocycles. The van der Waals surface area contributed by atoms with Gasteiger partial charge in [-0.15, -0.1) is 0 Å². The van der Waals surface area contributed by atoms with Crippen LogP contribution in [0.3, 0.4) is 0 Å². The van der Waals surface area contributed by atoms with Crippen molar-refractivity contribution in [3.8, 4) is 0 Å². The maximum absolute atomic E-state index is 12.9. The molecule has 0 aliphatic carbocycles. The fourth-order valence-electron chi connectivity index (χ4n) is 2.28. The number of amides is 1. The number of nitrogens with one attached hydrogen (secondary N) is 1. The molecule has 1 atom stereocenters. The summed E-state index contributed by atoms with van der Waals surface area (Å²) in [5.74, 6) is -0.435. The summed E-state index contributed by atoms with van der Waals surface area (Å²) >= 11 is 2.91. The lowest BCUT2D eigenvalue weighted by molar-refractivity contribution is -0.142. The monoisotopic (exact) mass is 403 g/mol. The van der Waals surface area contributed by atoms with Crippen molar-refractivity contribution in [3.63, 3.8) is 0 Å². The van der Waals surface area contributed by atoms with Gasteiger partial charge in [0.05, 0.1) is 10.2 Å². The summed E-state index contributed by atoms with van der Waals surface area (Å²) in [6, 6.07) is 4.70. The molecule has 0 saturated heterocycles. The van der Waals surface area contributed by atoms with Crippen molar-refractivity contribution in [3.05, 3.63) is 45.2 Å². The van der Waals surface area contributed by atoms with E-state index in [9.17, 15) is 18.0 Å². The lowest BCUT2D eigenvalue weighted by Crippen LogP contribution is -2.26. The predicted molar refractivity (Wildman–Crippen MR) is 88.9 cm³/mol. The Morgan fingerprint density at radius 1 is 1.29 bits per heavy atom. The van der Waals surface area contributed by atoms with Gasteiger partial charge in [-0.1, -0.05) is 12.1 Å². The standard InChI is InChI=1S/C16H17BrF3N3O/c1-8-5-6-9(2)12(7-8)21-15(24)11(4)23-10(3)13(17)14(22-23)16(18,19)20/h5-7,11H,1-4H3,(H,21,24). The third-order valence-corrected chi connectivity index (χ3v) is 4.69. The van der Waals surface area contributed by atoms with E-state index in [2.05, 4.69) is 26.3 Å². The number of halogens is 4. The number of carbonyl (C=O) groups excluding carboxylic acids is 1. The van der Waals surface area contributed by atoms with Gasteiger partial charge in [-0.2, -0.15) is 18.3 Å². The van der Waals surface area contributed by atoms with E-state index in [0.29, 0.717) is 5.69 Å². The van der Waals surface area contributed by atoms with Crippen molar-refractivity contribution in [2.24, 2.45) is 0 Å². The number of aryl methyl sites for hydroxylation is 2. The molecule has 1 aromatic heterocycles. The minimum atomic E-state index is -4.59. The summed E-state index contributed by atoms with van der Waals surface area (Å²) in [4.78, 5) is 12.4. The average Bonchev–Trinajstić information content (AvgIpc) is 2.78. The van der Waals surface area contributed by atoms with E-state index >= 15 is 0 Å². The SMILES string of the molecule is Cc1ccc(C)c(NC(=O)C(C)n2nc(C(F)(F)F)c(Br)c2C)c1. The van der Waals surface area contributed by atoms with E-state index in [4.69, 9.17) is 0 Å². The summed E-state index contributed by atoms with van der Waals surface area (Å²) in [5, 5.41) is 6.31. The molecule has 1 aromatic carbocycles. The van der Waals surface area contributed by atoms with Crippen LogP contribution in [0.25, 0.3) is 0 Å². The Labute approximate surface area is 146 Å². The molecule has 1 unspecified atom stereocenters. The number of nitrogens with zero attached hydrogens (tertiary/aromatic N) is 2. The number of benzene rings is 1. The van der Waals surface area contributed by atoms with Crippen LogP contribution in [0.5, 0.6) is 0 Å². The van der Waals surface area contributed by atoms with Crippen molar-refractivity contribution in [1.29, 1.82) is 0 Å². The molecule has 1 N–H and O–H groups in total. The molecule has 0 fully saturated rings.